The van der Waals surface area contributed by atoms with Crippen molar-refractivity contribution in [1.29, 1.82) is 0 Å². The molecule has 1 N–H and O–H groups in total. The summed E-state index contributed by atoms with van der Waals surface area (Å²) < 4.78 is 13.2. The lowest BCUT2D eigenvalue weighted by atomic mass is 9.95. The number of benzene rings is 1. The predicted octanol–water partition coefficient (Wildman–Crippen LogP) is 3.05. The van der Waals surface area contributed by atoms with Crippen LogP contribution in [0.4, 0.5) is 4.39 Å². The van der Waals surface area contributed by atoms with Gasteiger partial charge in [0.15, 0.2) is 0 Å². The molecule has 0 spiro atoms. The summed E-state index contributed by atoms with van der Waals surface area (Å²) in [6, 6.07) is 5.42. The number of aryl methyl sites for hydroxylation is 1. The Morgan fingerprint density at radius 3 is 2.29 bits per heavy atom. The molecule has 0 aliphatic rings. The second-order valence-electron chi connectivity index (χ2n) is 4.07. The standard InChI is InChI=1S/C12H18FN/c1-8(2)12(14-4)10-5-9(3)6-11(13)7-10/h5-8,12,14H,1-4H3. The fourth-order valence-electron chi connectivity index (χ4n) is 1.83. The highest BCUT2D eigenvalue weighted by Crippen LogP contribution is 2.22. The van der Waals surface area contributed by atoms with Crippen molar-refractivity contribution in [3.8, 4) is 0 Å². The summed E-state index contributed by atoms with van der Waals surface area (Å²) >= 11 is 0. The Labute approximate surface area is 85.3 Å². The van der Waals surface area contributed by atoms with E-state index in [9.17, 15) is 4.39 Å². The predicted molar refractivity (Wildman–Crippen MR) is 57.8 cm³/mol. The second kappa shape index (κ2) is 4.56. The van der Waals surface area contributed by atoms with Crippen LogP contribution in [-0.4, -0.2) is 7.05 Å². The van der Waals surface area contributed by atoms with Crippen LogP contribution in [0.2, 0.25) is 0 Å². The van der Waals surface area contributed by atoms with Crippen LogP contribution in [0.1, 0.15) is 31.0 Å². The maximum Gasteiger partial charge on any atom is 0.123 e. The van der Waals surface area contributed by atoms with Gasteiger partial charge in [0.25, 0.3) is 0 Å². The molecule has 0 bridgehead atoms. The van der Waals surface area contributed by atoms with Gasteiger partial charge in [-0.1, -0.05) is 19.9 Å². The molecule has 0 heterocycles. The molecule has 1 nitrogen and oxygen atoms in total. The second-order valence-corrected chi connectivity index (χ2v) is 4.07. The van der Waals surface area contributed by atoms with Crippen molar-refractivity contribution in [3.63, 3.8) is 0 Å². The largest absolute Gasteiger partial charge is 0.313 e. The minimum Gasteiger partial charge on any atom is -0.313 e. The van der Waals surface area contributed by atoms with Crippen LogP contribution >= 0.6 is 0 Å². The molecular weight excluding hydrogens is 177 g/mol. The van der Waals surface area contributed by atoms with Gasteiger partial charge in [0.1, 0.15) is 5.82 Å². The third-order valence-electron chi connectivity index (χ3n) is 2.40. The van der Waals surface area contributed by atoms with Crippen LogP contribution < -0.4 is 5.32 Å². The highest BCUT2D eigenvalue weighted by molar-refractivity contribution is 5.26. The number of hydrogen-bond donors (Lipinski definition) is 1. The number of nitrogens with one attached hydrogen (secondary N) is 1. The fourth-order valence-corrected chi connectivity index (χ4v) is 1.83. The summed E-state index contributed by atoms with van der Waals surface area (Å²) in [7, 11) is 1.91. The van der Waals surface area contributed by atoms with Gasteiger partial charge in [0.05, 0.1) is 0 Å². The van der Waals surface area contributed by atoms with Crippen molar-refractivity contribution in [2.75, 3.05) is 7.05 Å². The summed E-state index contributed by atoms with van der Waals surface area (Å²) in [5.74, 6) is 0.307. The average molecular weight is 195 g/mol. The Kier molecular flexibility index (Phi) is 3.64. The summed E-state index contributed by atoms with van der Waals surface area (Å²) in [6.45, 7) is 6.17. The van der Waals surface area contributed by atoms with Gasteiger partial charge in [-0.2, -0.15) is 0 Å². The molecular formula is C12H18FN. The van der Waals surface area contributed by atoms with E-state index in [0.29, 0.717) is 5.92 Å². The first-order chi connectivity index (χ1) is 6.54. The first-order valence-corrected chi connectivity index (χ1v) is 4.99. The third-order valence-corrected chi connectivity index (χ3v) is 2.40. The Morgan fingerprint density at radius 1 is 1.21 bits per heavy atom. The van der Waals surface area contributed by atoms with E-state index < -0.39 is 0 Å². The molecule has 14 heavy (non-hydrogen) atoms. The quantitative estimate of drug-likeness (QED) is 0.781. The Bertz CT molecular complexity index is 287. The molecule has 0 radical (unpaired) electrons. The summed E-state index contributed by atoms with van der Waals surface area (Å²) in [5, 5.41) is 3.21. The van der Waals surface area contributed by atoms with Crippen LogP contribution in [0, 0.1) is 18.7 Å². The van der Waals surface area contributed by atoms with Gasteiger partial charge in [-0.05, 0) is 43.1 Å². The fraction of sp³-hybridized carbons (Fsp3) is 0.500. The molecule has 1 aromatic carbocycles. The molecule has 0 aromatic heterocycles. The van der Waals surface area contributed by atoms with E-state index in [-0.39, 0.29) is 11.9 Å². The van der Waals surface area contributed by atoms with E-state index in [0.717, 1.165) is 11.1 Å². The summed E-state index contributed by atoms with van der Waals surface area (Å²) in [4.78, 5) is 0. The average Bonchev–Trinajstić information content (AvgIpc) is 2.02. The highest BCUT2D eigenvalue weighted by atomic mass is 19.1. The molecule has 2 heteroatoms. The van der Waals surface area contributed by atoms with Gasteiger partial charge in [-0.3, -0.25) is 0 Å². The Hall–Kier alpha value is -0.890. The number of hydrogen-bond acceptors (Lipinski definition) is 1. The molecule has 1 aromatic rings. The number of rotatable bonds is 3. The van der Waals surface area contributed by atoms with Crippen molar-refractivity contribution >= 4 is 0 Å². The topological polar surface area (TPSA) is 12.0 Å². The Morgan fingerprint density at radius 2 is 1.86 bits per heavy atom. The molecule has 0 saturated heterocycles. The van der Waals surface area contributed by atoms with Crippen LogP contribution in [0.5, 0.6) is 0 Å². The maximum absolute atomic E-state index is 13.2. The third kappa shape index (κ3) is 2.55. The van der Waals surface area contributed by atoms with E-state index in [1.807, 2.05) is 20.0 Å². The van der Waals surface area contributed by atoms with Crippen molar-refractivity contribution < 1.29 is 4.39 Å². The molecule has 0 aliphatic heterocycles. The summed E-state index contributed by atoms with van der Waals surface area (Å²) in [6.07, 6.45) is 0. The highest BCUT2D eigenvalue weighted by Gasteiger charge is 2.14. The van der Waals surface area contributed by atoms with Gasteiger partial charge in [-0.15, -0.1) is 0 Å². The SMILES string of the molecule is CNC(c1cc(C)cc(F)c1)C(C)C. The van der Waals surface area contributed by atoms with Gasteiger partial charge < -0.3 is 5.32 Å². The molecule has 1 rings (SSSR count). The van der Waals surface area contributed by atoms with Gasteiger partial charge in [0, 0.05) is 6.04 Å². The zero-order valence-electron chi connectivity index (χ0n) is 9.26. The first-order valence-electron chi connectivity index (χ1n) is 4.99. The lowest BCUT2D eigenvalue weighted by molar-refractivity contribution is 0.440. The lowest BCUT2D eigenvalue weighted by Crippen LogP contribution is -2.21. The van der Waals surface area contributed by atoms with Crippen molar-refractivity contribution in [1.82, 2.24) is 5.32 Å². The lowest BCUT2D eigenvalue weighted by Gasteiger charge is -2.21. The number of halogens is 1. The van der Waals surface area contributed by atoms with Crippen molar-refractivity contribution in [2.24, 2.45) is 5.92 Å². The smallest absolute Gasteiger partial charge is 0.123 e. The summed E-state index contributed by atoms with van der Waals surface area (Å²) in [5.41, 5.74) is 2.00. The van der Waals surface area contributed by atoms with E-state index in [1.54, 1.807) is 12.1 Å². The minimum atomic E-state index is -0.152. The molecule has 0 saturated carbocycles. The molecule has 78 valence electrons. The zero-order valence-corrected chi connectivity index (χ0v) is 9.26. The van der Waals surface area contributed by atoms with Gasteiger partial charge >= 0.3 is 0 Å². The van der Waals surface area contributed by atoms with Crippen molar-refractivity contribution in [3.05, 3.63) is 35.1 Å². The van der Waals surface area contributed by atoms with Crippen LogP contribution in [0.25, 0.3) is 0 Å². The molecule has 1 unspecified atom stereocenters. The molecule has 0 amide bonds. The Balaban J connectivity index is 3.04. The van der Waals surface area contributed by atoms with E-state index in [2.05, 4.69) is 19.2 Å². The molecule has 1 atom stereocenters. The molecule has 0 aliphatic carbocycles. The van der Waals surface area contributed by atoms with Crippen LogP contribution in [0.15, 0.2) is 18.2 Å². The van der Waals surface area contributed by atoms with E-state index in [1.165, 1.54) is 0 Å². The van der Waals surface area contributed by atoms with E-state index >= 15 is 0 Å². The monoisotopic (exact) mass is 195 g/mol. The van der Waals surface area contributed by atoms with Gasteiger partial charge in [0.2, 0.25) is 0 Å². The van der Waals surface area contributed by atoms with Crippen LogP contribution in [0.3, 0.4) is 0 Å². The van der Waals surface area contributed by atoms with Crippen molar-refractivity contribution in [2.45, 2.75) is 26.8 Å². The molecule has 0 fully saturated rings. The van der Waals surface area contributed by atoms with Crippen LogP contribution in [-0.2, 0) is 0 Å². The maximum atomic E-state index is 13.2. The van der Waals surface area contributed by atoms with Gasteiger partial charge in [-0.25, -0.2) is 4.39 Å². The normalized spacial score (nSPS) is 13.3. The first kappa shape index (κ1) is 11.2. The zero-order chi connectivity index (χ0) is 10.7. The minimum absolute atomic E-state index is 0.152. The van der Waals surface area contributed by atoms with E-state index in [4.69, 9.17) is 0 Å².